The Labute approximate surface area is 179 Å². The molecule has 0 amide bonds. The van der Waals surface area contributed by atoms with Crippen LogP contribution >= 0.6 is 24.0 Å². The van der Waals surface area contributed by atoms with Crippen molar-refractivity contribution in [1.29, 1.82) is 0 Å². The van der Waals surface area contributed by atoms with Crippen LogP contribution in [0.5, 0.6) is 0 Å². The Balaban J connectivity index is 0.00000625. The number of nitrogens with zero attached hydrogens (tertiary/aromatic N) is 3. The third kappa shape index (κ3) is 9.74. The van der Waals surface area contributed by atoms with Crippen LogP contribution in [0.3, 0.4) is 0 Å². The Kier molecular flexibility index (Phi) is 14.0. The molecule has 1 fully saturated rings. The van der Waals surface area contributed by atoms with Crippen molar-refractivity contribution >= 4 is 29.9 Å². The molecule has 1 aliphatic heterocycles. The van der Waals surface area contributed by atoms with E-state index in [1.54, 1.807) is 0 Å². The Bertz CT molecular complexity index is 376. The summed E-state index contributed by atoms with van der Waals surface area (Å²) in [4.78, 5) is 9.52. The molecule has 1 heterocycles. The van der Waals surface area contributed by atoms with Crippen LogP contribution in [-0.2, 0) is 0 Å². The zero-order valence-electron chi connectivity index (χ0n) is 18.2. The predicted molar refractivity (Wildman–Crippen MR) is 126 cm³/mol. The highest BCUT2D eigenvalue weighted by atomic mass is 127. The number of piperidine rings is 1. The molecule has 0 aliphatic carbocycles. The van der Waals surface area contributed by atoms with Gasteiger partial charge in [0.25, 0.3) is 0 Å². The molecule has 6 heteroatoms. The molecule has 0 spiro atoms. The second-order valence-electron chi connectivity index (χ2n) is 8.26. The van der Waals surface area contributed by atoms with E-state index in [4.69, 9.17) is 0 Å². The van der Waals surface area contributed by atoms with Gasteiger partial charge in [-0.25, -0.2) is 0 Å². The van der Waals surface area contributed by atoms with Crippen LogP contribution in [0, 0.1) is 5.92 Å². The highest BCUT2D eigenvalue weighted by molar-refractivity contribution is 14.0. The largest absolute Gasteiger partial charge is 0.356 e. The second-order valence-corrected chi connectivity index (χ2v) is 8.26. The van der Waals surface area contributed by atoms with Crippen molar-refractivity contribution in [3.63, 3.8) is 0 Å². The standard InChI is InChI=1S/C20H43N5.HI/c1-16(2)24-12-8-10-19(15-24)14-23-20(21-7)22-11-9-13-25(17(3)4)18(5)6;/h16-19H,8-15H2,1-7H3,(H2,21,22,23);1H. The molecule has 26 heavy (non-hydrogen) atoms. The topological polar surface area (TPSA) is 42.9 Å². The zero-order chi connectivity index (χ0) is 18.8. The molecule has 1 atom stereocenters. The van der Waals surface area contributed by atoms with Gasteiger partial charge in [0, 0.05) is 51.4 Å². The van der Waals surface area contributed by atoms with Crippen molar-refractivity contribution < 1.29 is 0 Å². The van der Waals surface area contributed by atoms with E-state index in [0.29, 0.717) is 18.1 Å². The summed E-state index contributed by atoms with van der Waals surface area (Å²) in [6.45, 7) is 19.3. The van der Waals surface area contributed by atoms with Gasteiger partial charge in [-0.15, -0.1) is 24.0 Å². The number of guanidine groups is 1. The molecular formula is C20H44IN5. The average molecular weight is 482 g/mol. The molecule has 0 radical (unpaired) electrons. The zero-order valence-corrected chi connectivity index (χ0v) is 20.5. The van der Waals surface area contributed by atoms with Crippen molar-refractivity contribution in [2.24, 2.45) is 10.9 Å². The number of aliphatic imine (C=N–C) groups is 1. The minimum Gasteiger partial charge on any atom is -0.356 e. The summed E-state index contributed by atoms with van der Waals surface area (Å²) in [5.74, 6) is 1.68. The van der Waals surface area contributed by atoms with Crippen LogP contribution in [0.25, 0.3) is 0 Å². The molecule has 0 aromatic rings. The molecule has 0 bridgehead atoms. The first-order valence-corrected chi connectivity index (χ1v) is 10.3. The first-order valence-electron chi connectivity index (χ1n) is 10.3. The van der Waals surface area contributed by atoms with E-state index in [0.717, 1.165) is 37.9 Å². The van der Waals surface area contributed by atoms with E-state index in [9.17, 15) is 0 Å². The Hall–Kier alpha value is -0.0800. The fourth-order valence-electron chi connectivity index (χ4n) is 3.78. The Morgan fingerprint density at radius 3 is 2.31 bits per heavy atom. The third-order valence-corrected chi connectivity index (χ3v) is 5.27. The van der Waals surface area contributed by atoms with E-state index >= 15 is 0 Å². The summed E-state index contributed by atoms with van der Waals surface area (Å²) >= 11 is 0. The van der Waals surface area contributed by atoms with Gasteiger partial charge in [0.15, 0.2) is 5.96 Å². The van der Waals surface area contributed by atoms with Gasteiger partial charge >= 0.3 is 0 Å². The van der Waals surface area contributed by atoms with Crippen molar-refractivity contribution in [3.8, 4) is 0 Å². The lowest BCUT2D eigenvalue weighted by atomic mass is 9.97. The van der Waals surface area contributed by atoms with Crippen molar-refractivity contribution in [2.75, 3.05) is 39.8 Å². The van der Waals surface area contributed by atoms with Crippen LogP contribution in [0.2, 0.25) is 0 Å². The highest BCUT2D eigenvalue weighted by Gasteiger charge is 2.21. The fraction of sp³-hybridized carbons (Fsp3) is 0.950. The molecule has 5 nitrogen and oxygen atoms in total. The summed E-state index contributed by atoms with van der Waals surface area (Å²) in [6, 6.07) is 1.87. The van der Waals surface area contributed by atoms with Crippen molar-refractivity contribution in [2.45, 2.75) is 78.9 Å². The predicted octanol–water partition coefficient (Wildman–Crippen LogP) is 3.40. The Morgan fingerprint density at radius 2 is 1.77 bits per heavy atom. The quantitative estimate of drug-likeness (QED) is 0.229. The maximum atomic E-state index is 4.38. The van der Waals surface area contributed by atoms with E-state index in [1.807, 2.05) is 7.05 Å². The average Bonchev–Trinajstić information content (AvgIpc) is 2.56. The highest BCUT2D eigenvalue weighted by Crippen LogP contribution is 2.17. The van der Waals surface area contributed by atoms with Gasteiger partial charge in [-0.2, -0.15) is 0 Å². The lowest BCUT2D eigenvalue weighted by Gasteiger charge is -2.35. The van der Waals surface area contributed by atoms with Gasteiger partial charge in [0.1, 0.15) is 0 Å². The SMILES string of the molecule is CN=C(NCCCN(C(C)C)C(C)C)NCC1CCCN(C(C)C)C1.I. The summed E-state index contributed by atoms with van der Waals surface area (Å²) in [7, 11) is 1.87. The molecule has 1 saturated heterocycles. The van der Waals surface area contributed by atoms with Crippen LogP contribution < -0.4 is 10.6 Å². The summed E-state index contributed by atoms with van der Waals surface area (Å²) in [6.07, 6.45) is 3.78. The fourth-order valence-corrected chi connectivity index (χ4v) is 3.78. The van der Waals surface area contributed by atoms with Crippen LogP contribution in [0.15, 0.2) is 4.99 Å². The minimum absolute atomic E-state index is 0. The smallest absolute Gasteiger partial charge is 0.190 e. The van der Waals surface area contributed by atoms with Gasteiger partial charge in [-0.05, 0) is 73.3 Å². The molecule has 1 rings (SSSR count). The maximum Gasteiger partial charge on any atom is 0.190 e. The lowest BCUT2D eigenvalue weighted by Crippen LogP contribution is -2.46. The van der Waals surface area contributed by atoms with Crippen molar-refractivity contribution in [1.82, 2.24) is 20.4 Å². The summed E-state index contributed by atoms with van der Waals surface area (Å²) in [5, 5.41) is 7.01. The normalized spacial score (nSPS) is 19.3. The van der Waals surface area contributed by atoms with Gasteiger partial charge in [-0.1, -0.05) is 0 Å². The number of likely N-dealkylation sites (tertiary alicyclic amines) is 1. The lowest BCUT2D eigenvalue weighted by molar-refractivity contribution is 0.141. The molecule has 1 unspecified atom stereocenters. The molecular weight excluding hydrogens is 437 g/mol. The van der Waals surface area contributed by atoms with Crippen LogP contribution in [0.1, 0.15) is 60.8 Å². The van der Waals surface area contributed by atoms with Crippen molar-refractivity contribution in [3.05, 3.63) is 0 Å². The van der Waals surface area contributed by atoms with Gasteiger partial charge in [0.2, 0.25) is 0 Å². The second kappa shape index (κ2) is 14.0. The third-order valence-electron chi connectivity index (χ3n) is 5.27. The van der Waals surface area contributed by atoms with E-state index in [1.165, 1.54) is 25.9 Å². The first kappa shape index (κ1) is 25.9. The minimum atomic E-state index is 0. The number of hydrogen-bond donors (Lipinski definition) is 2. The number of nitrogens with one attached hydrogen (secondary N) is 2. The van der Waals surface area contributed by atoms with E-state index < -0.39 is 0 Å². The number of halogens is 1. The summed E-state index contributed by atoms with van der Waals surface area (Å²) < 4.78 is 0. The number of hydrogen-bond acceptors (Lipinski definition) is 3. The van der Waals surface area contributed by atoms with Crippen LogP contribution in [-0.4, -0.2) is 73.7 Å². The van der Waals surface area contributed by atoms with Gasteiger partial charge in [-0.3, -0.25) is 9.89 Å². The van der Waals surface area contributed by atoms with E-state index in [2.05, 4.69) is 67.0 Å². The molecule has 0 saturated carbocycles. The monoisotopic (exact) mass is 481 g/mol. The van der Waals surface area contributed by atoms with Gasteiger partial charge < -0.3 is 15.5 Å². The number of rotatable bonds is 9. The molecule has 1 aliphatic rings. The Morgan fingerprint density at radius 1 is 1.12 bits per heavy atom. The molecule has 0 aromatic heterocycles. The molecule has 2 N–H and O–H groups in total. The molecule has 156 valence electrons. The molecule has 0 aromatic carbocycles. The van der Waals surface area contributed by atoms with E-state index in [-0.39, 0.29) is 24.0 Å². The maximum absolute atomic E-state index is 4.38. The summed E-state index contributed by atoms with van der Waals surface area (Å²) in [5.41, 5.74) is 0. The van der Waals surface area contributed by atoms with Gasteiger partial charge in [0.05, 0.1) is 0 Å². The first-order chi connectivity index (χ1) is 11.8. The van der Waals surface area contributed by atoms with Crippen LogP contribution in [0.4, 0.5) is 0 Å².